The Balaban J connectivity index is 1.73. The molecule has 9 heteroatoms. The Labute approximate surface area is 154 Å². The number of hydrogen-bond acceptors (Lipinski definition) is 6. The largest absolute Gasteiger partial charge is 0.481 e. The van der Waals surface area contributed by atoms with E-state index in [4.69, 9.17) is 4.74 Å². The molecular weight excluding hydrogens is 354 g/mol. The van der Waals surface area contributed by atoms with Crippen LogP contribution in [0.3, 0.4) is 0 Å². The van der Waals surface area contributed by atoms with Gasteiger partial charge in [0.25, 0.3) is 0 Å². The first kappa shape index (κ1) is 18.7. The van der Waals surface area contributed by atoms with Crippen molar-refractivity contribution in [1.82, 2.24) is 19.1 Å². The van der Waals surface area contributed by atoms with Gasteiger partial charge in [0.15, 0.2) is 0 Å². The van der Waals surface area contributed by atoms with E-state index in [0.717, 1.165) is 30.5 Å². The first-order valence-corrected chi connectivity index (χ1v) is 10.2. The number of rotatable bonds is 7. The van der Waals surface area contributed by atoms with Crippen molar-refractivity contribution in [2.75, 3.05) is 25.5 Å². The SMILES string of the molecule is CCc1nn(C)c(OC)c1CNc1ccc(S(=O)(=O)N2CCCC2)cn1. The second kappa shape index (κ2) is 7.63. The molecule has 0 radical (unpaired) electrons. The summed E-state index contributed by atoms with van der Waals surface area (Å²) in [6.07, 6.45) is 4.05. The number of aryl methyl sites for hydroxylation is 2. The summed E-state index contributed by atoms with van der Waals surface area (Å²) >= 11 is 0. The van der Waals surface area contributed by atoms with Crippen LogP contribution in [0.5, 0.6) is 5.88 Å². The quantitative estimate of drug-likeness (QED) is 0.789. The Morgan fingerprint density at radius 2 is 2.00 bits per heavy atom. The fraction of sp³-hybridized carbons (Fsp3) is 0.529. The maximum Gasteiger partial charge on any atom is 0.244 e. The van der Waals surface area contributed by atoms with E-state index in [9.17, 15) is 8.42 Å². The van der Waals surface area contributed by atoms with Crippen LogP contribution in [0.25, 0.3) is 0 Å². The fourth-order valence-electron chi connectivity index (χ4n) is 3.22. The van der Waals surface area contributed by atoms with Crippen LogP contribution in [-0.2, 0) is 30.0 Å². The van der Waals surface area contributed by atoms with Gasteiger partial charge in [-0.3, -0.25) is 0 Å². The molecule has 2 aromatic heterocycles. The zero-order valence-corrected chi connectivity index (χ0v) is 16.2. The number of sulfonamides is 1. The van der Waals surface area contributed by atoms with E-state index in [1.807, 2.05) is 14.0 Å². The molecule has 3 heterocycles. The lowest BCUT2D eigenvalue weighted by molar-refractivity contribution is 0.369. The summed E-state index contributed by atoms with van der Waals surface area (Å²) in [5.41, 5.74) is 1.94. The lowest BCUT2D eigenvalue weighted by atomic mass is 10.2. The van der Waals surface area contributed by atoms with Gasteiger partial charge in [0, 0.05) is 32.9 Å². The molecule has 0 bridgehead atoms. The highest BCUT2D eigenvalue weighted by Crippen LogP contribution is 2.24. The summed E-state index contributed by atoms with van der Waals surface area (Å²) in [5.74, 6) is 1.32. The number of nitrogens with zero attached hydrogens (tertiary/aromatic N) is 4. The van der Waals surface area contributed by atoms with Gasteiger partial charge >= 0.3 is 0 Å². The molecular formula is C17H25N5O3S. The number of pyridine rings is 1. The third kappa shape index (κ3) is 3.54. The summed E-state index contributed by atoms with van der Waals surface area (Å²) < 4.78 is 33.7. The van der Waals surface area contributed by atoms with Gasteiger partial charge in [-0.2, -0.15) is 9.40 Å². The van der Waals surface area contributed by atoms with Gasteiger partial charge < -0.3 is 10.1 Å². The Morgan fingerprint density at radius 3 is 2.58 bits per heavy atom. The Hall–Kier alpha value is -2.13. The Bertz CT molecular complexity index is 855. The van der Waals surface area contributed by atoms with E-state index in [1.165, 1.54) is 10.5 Å². The number of methoxy groups -OCH3 is 1. The molecule has 0 saturated carbocycles. The molecule has 0 atom stereocenters. The summed E-state index contributed by atoms with van der Waals surface area (Å²) in [4.78, 5) is 4.50. The first-order chi connectivity index (χ1) is 12.5. The van der Waals surface area contributed by atoms with E-state index < -0.39 is 10.0 Å². The fourth-order valence-corrected chi connectivity index (χ4v) is 4.68. The van der Waals surface area contributed by atoms with E-state index in [0.29, 0.717) is 31.3 Å². The molecule has 0 aliphatic carbocycles. The summed E-state index contributed by atoms with van der Waals surface area (Å²) in [5, 5.41) is 7.67. The monoisotopic (exact) mass is 379 g/mol. The maximum absolute atomic E-state index is 12.5. The second-order valence-corrected chi connectivity index (χ2v) is 8.19. The topological polar surface area (TPSA) is 89.3 Å². The second-order valence-electron chi connectivity index (χ2n) is 6.26. The zero-order chi connectivity index (χ0) is 18.7. The molecule has 1 saturated heterocycles. The number of nitrogens with one attached hydrogen (secondary N) is 1. The molecule has 142 valence electrons. The molecule has 1 fully saturated rings. The van der Waals surface area contributed by atoms with Crippen LogP contribution in [0, 0.1) is 0 Å². The average Bonchev–Trinajstić information content (AvgIpc) is 3.28. The molecule has 2 aromatic rings. The van der Waals surface area contributed by atoms with E-state index >= 15 is 0 Å². The maximum atomic E-state index is 12.5. The zero-order valence-electron chi connectivity index (χ0n) is 15.4. The molecule has 26 heavy (non-hydrogen) atoms. The van der Waals surface area contributed by atoms with Crippen molar-refractivity contribution in [3.63, 3.8) is 0 Å². The van der Waals surface area contributed by atoms with E-state index in [2.05, 4.69) is 15.4 Å². The predicted molar refractivity (Wildman–Crippen MR) is 98.7 cm³/mol. The molecule has 8 nitrogen and oxygen atoms in total. The molecule has 3 rings (SSSR count). The molecule has 0 spiro atoms. The molecule has 0 amide bonds. The van der Waals surface area contributed by atoms with Crippen LogP contribution in [0.2, 0.25) is 0 Å². The van der Waals surface area contributed by atoms with Gasteiger partial charge in [0.05, 0.1) is 18.4 Å². The highest BCUT2D eigenvalue weighted by molar-refractivity contribution is 7.89. The highest BCUT2D eigenvalue weighted by Gasteiger charge is 2.27. The molecule has 0 aromatic carbocycles. The van der Waals surface area contributed by atoms with Gasteiger partial charge in [-0.1, -0.05) is 6.92 Å². The summed E-state index contributed by atoms with van der Waals surface area (Å²) in [6, 6.07) is 3.29. The van der Waals surface area contributed by atoms with Crippen LogP contribution in [0.15, 0.2) is 23.2 Å². The van der Waals surface area contributed by atoms with Crippen LogP contribution >= 0.6 is 0 Å². The van der Waals surface area contributed by atoms with Crippen molar-refractivity contribution in [3.05, 3.63) is 29.6 Å². The number of hydrogen-bond donors (Lipinski definition) is 1. The van der Waals surface area contributed by atoms with E-state index in [-0.39, 0.29) is 4.90 Å². The van der Waals surface area contributed by atoms with Crippen LogP contribution < -0.4 is 10.1 Å². The van der Waals surface area contributed by atoms with Crippen molar-refractivity contribution in [3.8, 4) is 5.88 Å². The van der Waals surface area contributed by atoms with Crippen LogP contribution in [0.4, 0.5) is 5.82 Å². The Kier molecular flexibility index (Phi) is 5.47. The average molecular weight is 379 g/mol. The van der Waals surface area contributed by atoms with Gasteiger partial charge in [-0.05, 0) is 31.4 Å². The normalized spacial score (nSPS) is 15.3. The summed E-state index contributed by atoms with van der Waals surface area (Å²) in [7, 11) is 0.0354. The number of aromatic nitrogens is 3. The van der Waals surface area contributed by atoms with Crippen molar-refractivity contribution in [1.29, 1.82) is 0 Å². The third-order valence-electron chi connectivity index (χ3n) is 4.58. The van der Waals surface area contributed by atoms with Crippen LogP contribution in [-0.4, -0.2) is 47.7 Å². The van der Waals surface area contributed by atoms with Crippen molar-refractivity contribution in [2.24, 2.45) is 7.05 Å². The standard InChI is InChI=1S/C17H25N5O3S/c1-4-15-14(17(25-3)21(2)20-15)12-19-16-8-7-13(11-18-16)26(23,24)22-9-5-6-10-22/h7-8,11H,4-6,9-10,12H2,1-3H3,(H,18,19). The van der Waals surface area contributed by atoms with Gasteiger partial charge in [0.1, 0.15) is 10.7 Å². The van der Waals surface area contributed by atoms with Crippen molar-refractivity contribution >= 4 is 15.8 Å². The Morgan fingerprint density at radius 1 is 1.27 bits per heavy atom. The van der Waals surface area contributed by atoms with Crippen molar-refractivity contribution in [2.45, 2.75) is 37.6 Å². The molecule has 1 N–H and O–H groups in total. The number of anilines is 1. The minimum absolute atomic E-state index is 0.234. The predicted octanol–water partition coefficient (Wildman–Crippen LogP) is 1.78. The molecule has 0 unspecified atom stereocenters. The minimum Gasteiger partial charge on any atom is -0.481 e. The highest BCUT2D eigenvalue weighted by atomic mass is 32.2. The van der Waals surface area contributed by atoms with Gasteiger partial charge in [0.2, 0.25) is 15.9 Å². The summed E-state index contributed by atoms with van der Waals surface area (Å²) in [6.45, 7) is 3.72. The lowest BCUT2D eigenvalue weighted by Crippen LogP contribution is -2.27. The van der Waals surface area contributed by atoms with E-state index in [1.54, 1.807) is 23.9 Å². The van der Waals surface area contributed by atoms with Crippen molar-refractivity contribution < 1.29 is 13.2 Å². The molecule has 1 aliphatic rings. The first-order valence-electron chi connectivity index (χ1n) is 8.76. The lowest BCUT2D eigenvalue weighted by Gasteiger charge is -2.15. The number of ether oxygens (including phenoxy) is 1. The van der Waals surface area contributed by atoms with Gasteiger partial charge in [-0.15, -0.1) is 0 Å². The molecule has 1 aliphatic heterocycles. The smallest absolute Gasteiger partial charge is 0.244 e. The van der Waals surface area contributed by atoms with Crippen LogP contribution in [0.1, 0.15) is 31.0 Å². The van der Waals surface area contributed by atoms with Gasteiger partial charge in [-0.25, -0.2) is 18.1 Å². The minimum atomic E-state index is -3.43. The third-order valence-corrected chi connectivity index (χ3v) is 6.47.